The molecule has 0 saturated heterocycles. The predicted octanol–water partition coefficient (Wildman–Crippen LogP) is 2.99. The maximum Gasteiger partial charge on any atom is 0.0474 e. The van der Waals surface area contributed by atoms with Crippen molar-refractivity contribution in [1.29, 1.82) is 0 Å². The molecule has 1 nitrogen and oxygen atoms in total. The number of hydrogen-bond acceptors (Lipinski definition) is 1. The van der Waals surface area contributed by atoms with E-state index in [0.29, 0.717) is 0 Å². The number of halogens is 2. The maximum absolute atomic E-state index is 5.74. The van der Waals surface area contributed by atoms with Gasteiger partial charge in [-0.15, -0.1) is 0 Å². The molecule has 54 valence electrons. The first-order chi connectivity index (χ1) is 4.74. The molecule has 1 rings (SSSR count). The largest absolute Gasteiger partial charge is 0.387 e. The first kappa shape index (κ1) is 8.14. The van der Waals surface area contributed by atoms with Crippen LogP contribution in [0, 0.1) is 3.57 Å². The van der Waals surface area contributed by atoms with Crippen molar-refractivity contribution in [3.8, 4) is 0 Å². The van der Waals surface area contributed by atoms with Gasteiger partial charge in [-0.3, -0.25) is 0 Å². The molecule has 0 aromatic heterocycles. The molecule has 0 fully saturated rings. The first-order valence-corrected chi connectivity index (χ1v) is 4.32. The molecule has 0 aliphatic carbocycles. The van der Waals surface area contributed by atoms with Crippen LogP contribution < -0.4 is 5.32 Å². The zero-order valence-electron chi connectivity index (χ0n) is 5.49. The Labute approximate surface area is 78.9 Å². The molecule has 0 heterocycles. The minimum Gasteiger partial charge on any atom is -0.387 e. The molecule has 0 spiro atoms. The average molecular weight is 267 g/mol. The van der Waals surface area contributed by atoms with Crippen LogP contribution in [0.4, 0.5) is 5.69 Å². The highest BCUT2D eigenvalue weighted by Crippen LogP contribution is 2.21. The third-order valence-corrected chi connectivity index (χ3v) is 2.33. The van der Waals surface area contributed by atoms with E-state index < -0.39 is 0 Å². The van der Waals surface area contributed by atoms with Gasteiger partial charge in [0.2, 0.25) is 0 Å². The Morgan fingerprint density at radius 2 is 2.20 bits per heavy atom. The van der Waals surface area contributed by atoms with E-state index in [0.717, 1.165) is 14.3 Å². The van der Waals surface area contributed by atoms with Gasteiger partial charge in [-0.25, -0.2) is 0 Å². The van der Waals surface area contributed by atoms with E-state index in [1.807, 2.05) is 25.2 Å². The van der Waals surface area contributed by atoms with Crippen LogP contribution in [-0.4, -0.2) is 7.05 Å². The lowest BCUT2D eigenvalue weighted by Crippen LogP contribution is -1.89. The van der Waals surface area contributed by atoms with Gasteiger partial charge in [0, 0.05) is 21.3 Å². The molecule has 0 saturated carbocycles. The van der Waals surface area contributed by atoms with Gasteiger partial charge in [-0.1, -0.05) is 11.6 Å². The molecule has 0 unspecified atom stereocenters. The standard InChI is InChI=1S/C7H7ClIN/c1-10-7-3-2-5(8)4-6(7)9/h2-4,10H,1H3. The summed E-state index contributed by atoms with van der Waals surface area (Å²) in [6, 6.07) is 5.76. The SMILES string of the molecule is CNc1ccc(Cl)cc1I. The summed E-state index contributed by atoms with van der Waals surface area (Å²) in [5.74, 6) is 0. The Morgan fingerprint density at radius 1 is 1.50 bits per heavy atom. The second-order valence-corrected chi connectivity index (χ2v) is 3.47. The average Bonchev–Trinajstić information content (AvgIpc) is 1.88. The molecule has 0 aliphatic heterocycles. The fourth-order valence-corrected chi connectivity index (χ4v) is 1.83. The highest BCUT2D eigenvalue weighted by atomic mass is 127. The lowest BCUT2D eigenvalue weighted by molar-refractivity contribution is 1.48. The van der Waals surface area contributed by atoms with E-state index in [1.165, 1.54) is 0 Å². The zero-order valence-corrected chi connectivity index (χ0v) is 8.40. The van der Waals surface area contributed by atoms with E-state index in [1.54, 1.807) is 0 Å². The van der Waals surface area contributed by atoms with E-state index in [9.17, 15) is 0 Å². The van der Waals surface area contributed by atoms with E-state index in [4.69, 9.17) is 11.6 Å². The summed E-state index contributed by atoms with van der Waals surface area (Å²) < 4.78 is 1.15. The minimum atomic E-state index is 0.781. The summed E-state index contributed by atoms with van der Waals surface area (Å²) in [6.07, 6.45) is 0. The van der Waals surface area contributed by atoms with Crippen molar-refractivity contribution in [2.45, 2.75) is 0 Å². The molecule has 1 aromatic rings. The molecule has 0 radical (unpaired) electrons. The monoisotopic (exact) mass is 267 g/mol. The van der Waals surface area contributed by atoms with Gasteiger partial charge in [0.15, 0.2) is 0 Å². The van der Waals surface area contributed by atoms with Crippen LogP contribution in [0.5, 0.6) is 0 Å². The third kappa shape index (κ3) is 1.76. The Balaban J connectivity index is 3.07. The van der Waals surface area contributed by atoms with Crippen LogP contribution in [0.3, 0.4) is 0 Å². The number of hydrogen-bond donors (Lipinski definition) is 1. The third-order valence-electron chi connectivity index (χ3n) is 1.20. The molecule has 1 N–H and O–H groups in total. The lowest BCUT2D eigenvalue weighted by Gasteiger charge is -2.01. The number of benzene rings is 1. The van der Waals surface area contributed by atoms with Gasteiger partial charge in [0.1, 0.15) is 0 Å². The quantitative estimate of drug-likeness (QED) is 0.771. The summed E-state index contributed by atoms with van der Waals surface area (Å²) in [5.41, 5.74) is 1.12. The van der Waals surface area contributed by atoms with Gasteiger partial charge in [0.05, 0.1) is 0 Å². The summed E-state index contributed by atoms with van der Waals surface area (Å²) in [4.78, 5) is 0. The molecule has 0 bridgehead atoms. The molecular weight excluding hydrogens is 260 g/mol. The maximum atomic E-state index is 5.74. The second-order valence-electron chi connectivity index (χ2n) is 1.87. The van der Waals surface area contributed by atoms with Crippen LogP contribution in [0.2, 0.25) is 5.02 Å². The molecule has 0 aliphatic rings. The smallest absolute Gasteiger partial charge is 0.0474 e. The van der Waals surface area contributed by atoms with Crippen molar-refractivity contribution in [3.05, 3.63) is 26.8 Å². The van der Waals surface area contributed by atoms with Gasteiger partial charge in [-0.2, -0.15) is 0 Å². The Bertz CT molecular complexity index is 237. The summed E-state index contributed by atoms with van der Waals surface area (Å²) in [5, 5.41) is 3.84. The Kier molecular flexibility index (Phi) is 2.80. The van der Waals surface area contributed by atoms with Crippen molar-refractivity contribution in [2.75, 3.05) is 12.4 Å². The highest BCUT2D eigenvalue weighted by molar-refractivity contribution is 14.1. The molecular formula is C7H7ClIN. The van der Waals surface area contributed by atoms with Gasteiger partial charge >= 0.3 is 0 Å². The fraction of sp³-hybridized carbons (Fsp3) is 0.143. The van der Waals surface area contributed by atoms with Crippen molar-refractivity contribution >= 4 is 39.9 Å². The van der Waals surface area contributed by atoms with Crippen LogP contribution in [0.15, 0.2) is 18.2 Å². The van der Waals surface area contributed by atoms with Crippen molar-refractivity contribution in [3.63, 3.8) is 0 Å². The number of nitrogens with one attached hydrogen (secondary N) is 1. The topological polar surface area (TPSA) is 12.0 Å². The van der Waals surface area contributed by atoms with Crippen LogP contribution in [0.1, 0.15) is 0 Å². The van der Waals surface area contributed by atoms with Crippen molar-refractivity contribution in [2.24, 2.45) is 0 Å². The first-order valence-electron chi connectivity index (χ1n) is 2.87. The van der Waals surface area contributed by atoms with Gasteiger partial charge in [-0.05, 0) is 40.8 Å². The van der Waals surface area contributed by atoms with E-state index in [-0.39, 0.29) is 0 Å². The summed E-state index contributed by atoms with van der Waals surface area (Å²) in [7, 11) is 1.89. The summed E-state index contributed by atoms with van der Waals surface area (Å²) in [6.45, 7) is 0. The van der Waals surface area contributed by atoms with Crippen LogP contribution >= 0.6 is 34.2 Å². The molecule has 0 atom stereocenters. The molecule has 3 heteroatoms. The summed E-state index contributed by atoms with van der Waals surface area (Å²) >= 11 is 7.98. The predicted molar refractivity (Wildman–Crippen MR) is 53.7 cm³/mol. The fourth-order valence-electron chi connectivity index (χ4n) is 0.692. The van der Waals surface area contributed by atoms with Crippen molar-refractivity contribution < 1.29 is 0 Å². The number of anilines is 1. The Hall–Kier alpha value is 0.0400. The van der Waals surface area contributed by atoms with Gasteiger partial charge < -0.3 is 5.32 Å². The normalized spacial score (nSPS) is 9.50. The van der Waals surface area contributed by atoms with Crippen LogP contribution in [-0.2, 0) is 0 Å². The van der Waals surface area contributed by atoms with E-state index >= 15 is 0 Å². The highest BCUT2D eigenvalue weighted by Gasteiger charge is 1.95. The van der Waals surface area contributed by atoms with Crippen LogP contribution in [0.25, 0.3) is 0 Å². The second kappa shape index (κ2) is 3.44. The zero-order chi connectivity index (χ0) is 7.56. The Morgan fingerprint density at radius 3 is 2.70 bits per heavy atom. The number of rotatable bonds is 1. The minimum absolute atomic E-state index is 0.781. The molecule has 1 aromatic carbocycles. The molecule has 10 heavy (non-hydrogen) atoms. The van der Waals surface area contributed by atoms with E-state index in [2.05, 4.69) is 27.9 Å². The van der Waals surface area contributed by atoms with Gasteiger partial charge in [0.25, 0.3) is 0 Å². The molecule has 0 amide bonds. The van der Waals surface area contributed by atoms with Crippen molar-refractivity contribution in [1.82, 2.24) is 0 Å². The lowest BCUT2D eigenvalue weighted by atomic mass is 10.3.